The summed E-state index contributed by atoms with van der Waals surface area (Å²) in [5, 5.41) is 0. The highest BCUT2D eigenvalue weighted by molar-refractivity contribution is 5.62. The van der Waals surface area contributed by atoms with Crippen LogP contribution in [-0.4, -0.2) is 12.1 Å². The monoisotopic (exact) mass is 267 g/mol. The van der Waals surface area contributed by atoms with Crippen molar-refractivity contribution in [3.05, 3.63) is 47.7 Å². The Morgan fingerprint density at radius 3 is 2.53 bits per heavy atom. The number of pyridine rings is 1. The van der Waals surface area contributed by atoms with Crippen LogP contribution in [0, 0.1) is 6.92 Å². The van der Waals surface area contributed by atoms with Gasteiger partial charge in [-0.1, -0.05) is 12.1 Å². The lowest BCUT2D eigenvalue weighted by Crippen LogP contribution is -2.04. The van der Waals surface area contributed by atoms with Gasteiger partial charge in [0.1, 0.15) is 5.75 Å². The minimum atomic E-state index is -4.36. The van der Waals surface area contributed by atoms with Crippen LogP contribution in [0.5, 0.6) is 5.75 Å². The summed E-state index contributed by atoms with van der Waals surface area (Å²) in [5.74, 6) is 0.599. The molecule has 0 amide bonds. The van der Waals surface area contributed by atoms with Gasteiger partial charge < -0.3 is 4.74 Å². The van der Waals surface area contributed by atoms with Gasteiger partial charge >= 0.3 is 6.18 Å². The standard InChI is InChI=1S/C14H12F3NO/c1-9-8-18-12(7-13(9)19-2)10-4-3-5-11(6-10)14(15,16)17/h3-8H,1-2H3. The van der Waals surface area contributed by atoms with Gasteiger partial charge in [0.15, 0.2) is 0 Å². The maximum Gasteiger partial charge on any atom is 0.416 e. The molecule has 0 fully saturated rings. The highest BCUT2D eigenvalue weighted by atomic mass is 19.4. The molecule has 2 aromatic rings. The lowest BCUT2D eigenvalue weighted by atomic mass is 10.1. The Bertz CT molecular complexity index is 593. The number of nitrogens with zero attached hydrogens (tertiary/aromatic N) is 1. The molecule has 0 radical (unpaired) electrons. The fourth-order valence-electron chi connectivity index (χ4n) is 1.74. The number of aryl methyl sites for hydroxylation is 1. The van der Waals surface area contributed by atoms with Crippen LogP contribution in [0.15, 0.2) is 36.5 Å². The third-order valence-electron chi connectivity index (χ3n) is 2.76. The average Bonchev–Trinajstić information content (AvgIpc) is 2.38. The second-order valence-corrected chi connectivity index (χ2v) is 4.12. The second kappa shape index (κ2) is 4.91. The molecule has 0 spiro atoms. The van der Waals surface area contributed by atoms with Gasteiger partial charge in [-0.15, -0.1) is 0 Å². The van der Waals surface area contributed by atoms with Gasteiger partial charge in [0.2, 0.25) is 0 Å². The van der Waals surface area contributed by atoms with Gasteiger partial charge in [0, 0.05) is 23.4 Å². The Balaban J connectivity index is 2.47. The molecule has 0 N–H and O–H groups in total. The van der Waals surface area contributed by atoms with E-state index in [2.05, 4.69) is 4.98 Å². The zero-order valence-electron chi connectivity index (χ0n) is 10.5. The van der Waals surface area contributed by atoms with Gasteiger partial charge in [-0.2, -0.15) is 13.2 Å². The molecule has 1 heterocycles. The first kappa shape index (κ1) is 13.4. The lowest BCUT2D eigenvalue weighted by molar-refractivity contribution is -0.137. The van der Waals surface area contributed by atoms with Crippen molar-refractivity contribution in [3.8, 4) is 17.0 Å². The van der Waals surface area contributed by atoms with E-state index in [1.54, 1.807) is 18.3 Å². The summed E-state index contributed by atoms with van der Waals surface area (Å²) in [5.41, 5.74) is 1.01. The zero-order valence-corrected chi connectivity index (χ0v) is 10.5. The summed E-state index contributed by atoms with van der Waals surface area (Å²) in [4.78, 5) is 4.13. The number of hydrogen-bond donors (Lipinski definition) is 0. The smallest absolute Gasteiger partial charge is 0.416 e. The van der Waals surface area contributed by atoms with Crippen molar-refractivity contribution in [1.82, 2.24) is 4.98 Å². The molecule has 0 unspecified atom stereocenters. The maximum atomic E-state index is 12.6. The van der Waals surface area contributed by atoms with Crippen molar-refractivity contribution in [2.75, 3.05) is 7.11 Å². The average molecular weight is 267 g/mol. The molecule has 0 atom stereocenters. The van der Waals surface area contributed by atoms with Crippen LogP contribution in [0.2, 0.25) is 0 Å². The molecule has 1 aromatic carbocycles. The minimum absolute atomic E-state index is 0.410. The quantitative estimate of drug-likeness (QED) is 0.817. The molecule has 2 rings (SSSR count). The van der Waals surface area contributed by atoms with Crippen molar-refractivity contribution in [2.24, 2.45) is 0 Å². The van der Waals surface area contributed by atoms with Gasteiger partial charge in [0.05, 0.1) is 18.4 Å². The number of hydrogen-bond acceptors (Lipinski definition) is 2. The minimum Gasteiger partial charge on any atom is -0.496 e. The highest BCUT2D eigenvalue weighted by Gasteiger charge is 2.30. The van der Waals surface area contributed by atoms with E-state index in [0.29, 0.717) is 17.0 Å². The zero-order chi connectivity index (χ0) is 14.0. The van der Waals surface area contributed by atoms with Gasteiger partial charge in [-0.25, -0.2) is 0 Å². The molecule has 0 aliphatic rings. The van der Waals surface area contributed by atoms with E-state index in [9.17, 15) is 13.2 Å². The molecular formula is C14H12F3NO. The summed E-state index contributed by atoms with van der Waals surface area (Å²) >= 11 is 0. The normalized spacial score (nSPS) is 11.4. The molecule has 0 aliphatic heterocycles. The molecule has 0 saturated carbocycles. The topological polar surface area (TPSA) is 22.1 Å². The third kappa shape index (κ3) is 2.86. The fourth-order valence-corrected chi connectivity index (χ4v) is 1.74. The van der Waals surface area contributed by atoms with Crippen LogP contribution in [0.3, 0.4) is 0 Å². The van der Waals surface area contributed by atoms with Crippen LogP contribution in [0.1, 0.15) is 11.1 Å². The number of rotatable bonds is 2. The first-order valence-corrected chi connectivity index (χ1v) is 5.60. The van der Waals surface area contributed by atoms with E-state index in [4.69, 9.17) is 4.74 Å². The number of alkyl halides is 3. The molecule has 100 valence electrons. The third-order valence-corrected chi connectivity index (χ3v) is 2.76. The summed E-state index contributed by atoms with van der Waals surface area (Å²) in [6, 6.07) is 6.70. The second-order valence-electron chi connectivity index (χ2n) is 4.12. The van der Waals surface area contributed by atoms with Gasteiger partial charge in [0.25, 0.3) is 0 Å². The van der Waals surface area contributed by atoms with Crippen LogP contribution < -0.4 is 4.74 Å². The van der Waals surface area contributed by atoms with Gasteiger partial charge in [-0.05, 0) is 19.1 Å². The lowest BCUT2D eigenvalue weighted by Gasteiger charge is -2.10. The number of benzene rings is 1. The molecule has 2 nitrogen and oxygen atoms in total. The van der Waals surface area contributed by atoms with Crippen LogP contribution in [-0.2, 0) is 6.18 Å². The van der Waals surface area contributed by atoms with Crippen LogP contribution in [0.25, 0.3) is 11.3 Å². The van der Waals surface area contributed by atoms with E-state index in [0.717, 1.165) is 17.7 Å². The summed E-state index contributed by atoms with van der Waals surface area (Å²) in [6.45, 7) is 1.82. The number of halogens is 3. The molecule has 19 heavy (non-hydrogen) atoms. The van der Waals surface area contributed by atoms with Crippen molar-refractivity contribution >= 4 is 0 Å². The summed E-state index contributed by atoms with van der Waals surface area (Å²) in [7, 11) is 1.51. The van der Waals surface area contributed by atoms with Crippen LogP contribution in [0.4, 0.5) is 13.2 Å². The predicted octanol–water partition coefficient (Wildman–Crippen LogP) is 4.08. The van der Waals surface area contributed by atoms with Crippen molar-refractivity contribution in [3.63, 3.8) is 0 Å². The van der Waals surface area contributed by atoms with Gasteiger partial charge in [-0.3, -0.25) is 4.98 Å². The number of aromatic nitrogens is 1. The summed E-state index contributed by atoms with van der Waals surface area (Å²) in [6.07, 6.45) is -2.78. The molecule has 0 aliphatic carbocycles. The van der Waals surface area contributed by atoms with Crippen LogP contribution >= 0.6 is 0 Å². The van der Waals surface area contributed by atoms with E-state index in [-0.39, 0.29) is 0 Å². The Labute approximate surface area is 108 Å². The molecule has 5 heteroatoms. The first-order chi connectivity index (χ1) is 8.91. The van der Waals surface area contributed by atoms with Crippen molar-refractivity contribution < 1.29 is 17.9 Å². The molecule has 1 aromatic heterocycles. The molecular weight excluding hydrogens is 255 g/mol. The Kier molecular flexibility index (Phi) is 3.46. The van der Waals surface area contributed by atoms with E-state index in [1.807, 2.05) is 6.92 Å². The largest absolute Gasteiger partial charge is 0.496 e. The van der Waals surface area contributed by atoms with Crippen molar-refractivity contribution in [2.45, 2.75) is 13.1 Å². The number of ether oxygens (including phenoxy) is 1. The SMILES string of the molecule is COc1cc(-c2cccc(C(F)(F)F)c2)ncc1C. The predicted molar refractivity (Wildman–Crippen MR) is 66.0 cm³/mol. The van der Waals surface area contributed by atoms with E-state index < -0.39 is 11.7 Å². The highest BCUT2D eigenvalue weighted by Crippen LogP contribution is 2.32. The Hall–Kier alpha value is -2.04. The van der Waals surface area contributed by atoms with E-state index >= 15 is 0 Å². The Morgan fingerprint density at radius 1 is 1.16 bits per heavy atom. The summed E-state index contributed by atoms with van der Waals surface area (Å²) < 4.78 is 43.1. The molecule has 0 bridgehead atoms. The first-order valence-electron chi connectivity index (χ1n) is 5.60. The molecule has 0 saturated heterocycles. The maximum absolute atomic E-state index is 12.6. The fraction of sp³-hybridized carbons (Fsp3) is 0.214. The van der Waals surface area contributed by atoms with E-state index in [1.165, 1.54) is 13.2 Å². The Morgan fingerprint density at radius 2 is 1.89 bits per heavy atom. The van der Waals surface area contributed by atoms with Crippen molar-refractivity contribution in [1.29, 1.82) is 0 Å². The number of methoxy groups -OCH3 is 1.